The minimum Gasteiger partial charge on any atom is -0.345 e. The van der Waals surface area contributed by atoms with Gasteiger partial charge in [-0.1, -0.05) is 39.0 Å². The molecular formula is C23H23N5O2. The second kappa shape index (κ2) is 7.51. The van der Waals surface area contributed by atoms with Crippen molar-refractivity contribution in [1.82, 2.24) is 9.97 Å². The number of rotatable bonds is 3. The Morgan fingerprint density at radius 1 is 1.03 bits per heavy atom. The number of anilines is 3. The fourth-order valence-electron chi connectivity index (χ4n) is 3.26. The second-order valence-corrected chi connectivity index (χ2v) is 8.19. The Labute approximate surface area is 174 Å². The highest BCUT2D eigenvalue weighted by molar-refractivity contribution is 6.35. The van der Waals surface area contributed by atoms with Crippen LogP contribution in [-0.2, 0) is 10.2 Å². The van der Waals surface area contributed by atoms with Crippen LogP contribution in [0.5, 0.6) is 0 Å². The van der Waals surface area contributed by atoms with E-state index in [0.29, 0.717) is 22.6 Å². The minimum atomic E-state index is -0.351. The van der Waals surface area contributed by atoms with Crippen molar-refractivity contribution in [3.05, 3.63) is 71.8 Å². The Hall–Kier alpha value is -3.87. The first-order chi connectivity index (χ1) is 14.3. The van der Waals surface area contributed by atoms with Gasteiger partial charge < -0.3 is 20.9 Å². The summed E-state index contributed by atoms with van der Waals surface area (Å²) in [4.78, 5) is 31.6. The fraction of sp³-hybridized carbons (Fsp3) is 0.174. The first kappa shape index (κ1) is 19.4. The number of aromatic nitrogens is 2. The third kappa shape index (κ3) is 4.10. The molecule has 3 aromatic rings. The van der Waals surface area contributed by atoms with E-state index in [0.717, 1.165) is 11.3 Å². The van der Waals surface area contributed by atoms with Crippen molar-refractivity contribution < 1.29 is 9.59 Å². The van der Waals surface area contributed by atoms with E-state index in [9.17, 15) is 9.59 Å². The summed E-state index contributed by atoms with van der Waals surface area (Å²) in [6.07, 6.45) is 4.95. The Morgan fingerprint density at radius 2 is 1.73 bits per heavy atom. The van der Waals surface area contributed by atoms with Gasteiger partial charge in [0.1, 0.15) is 0 Å². The molecule has 3 amide bonds. The molecule has 1 aliphatic rings. The largest absolute Gasteiger partial charge is 0.345 e. The van der Waals surface area contributed by atoms with Gasteiger partial charge in [-0.3, -0.25) is 4.79 Å². The number of nitrogens with zero attached hydrogens (tertiary/aromatic N) is 1. The van der Waals surface area contributed by atoms with E-state index in [4.69, 9.17) is 0 Å². The molecule has 0 spiro atoms. The highest BCUT2D eigenvalue weighted by Crippen LogP contribution is 2.35. The van der Waals surface area contributed by atoms with Crippen LogP contribution in [0.25, 0.3) is 11.6 Å². The number of hydrogen-bond donors (Lipinski definition) is 4. The number of nitrogens with one attached hydrogen (secondary N) is 4. The molecule has 7 heteroatoms. The number of aromatic amines is 1. The highest BCUT2D eigenvalue weighted by atomic mass is 16.2. The summed E-state index contributed by atoms with van der Waals surface area (Å²) < 4.78 is 0. The molecule has 0 fully saturated rings. The van der Waals surface area contributed by atoms with Crippen LogP contribution in [0, 0.1) is 0 Å². The topological polar surface area (TPSA) is 98.9 Å². The number of amides is 3. The normalized spacial score (nSPS) is 14.4. The first-order valence-corrected chi connectivity index (χ1v) is 9.64. The van der Waals surface area contributed by atoms with E-state index < -0.39 is 0 Å². The zero-order valence-electron chi connectivity index (χ0n) is 17.0. The van der Waals surface area contributed by atoms with Gasteiger partial charge in [-0.25, -0.2) is 9.78 Å². The third-order valence-corrected chi connectivity index (χ3v) is 4.89. The summed E-state index contributed by atoms with van der Waals surface area (Å²) in [6.45, 7) is 6.43. The molecule has 0 unspecified atom stereocenters. The Balaban J connectivity index is 1.46. The number of imidazole rings is 1. The SMILES string of the molecule is CC(C)(C)c1ccc(NC(=O)Nc2ccc3c(c2)NC(=O)C3=Cc2cnc[nH]2)cc1. The molecule has 0 aliphatic carbocycles. The van der Waals surface area contributed by atoms with Crippen molar-refractivity contribution in [1.29, 1.82) is 0 Å². The number of urea groups is 1. The van der Waals surface area contributed by atoms with E-state index in [1.165, 1.54) is 5.56 Å². The van der Waals surface area contributed by atoms with Crippen LogP contribution in [0.1, 0.15) is 37.6 Å². The predicted octanol–water partition coefficient (Wildman–Crippen LogP) is 4.84. The van der Waals surface area contributed by atoms with Gasteiger partial charge in [0.25, 0.3) is 5.91 Å². The van der Waals surface area contributed by atoms with Gasteiger partial charge in [0.15, 0.2) is 0 Å². The monoisotopic (exact) mass is 401 g/mol. The summed E-state index contributed by atoms with van der Waals surface area (Å²) in [7, 11) is 0. The lowest BCUT2D eigenvalue weighted by Gasteiger charge is -2.19. The number of fused-ring (bicyclic) bond motifs is 1. The molecule has 7 nitrogen and oxygen atoms in total. The standard InChI is InChI=1S/C23H23N5O2/c1-23(2,3)14-4-6-15(7-5-14)26-22(30)27-16-8-9-18-19(10-17-12-24-13-25-17)21(29)28-20(18)11-16/h4-13H,1-3H3,(H,24,25)(H,28,29)(H2,26,27,30). The van der Waals surface area contributed by atoms with Crippen LogP contribution >= 0.6 is 0 Å². The Kier molecular flexibility index (Phi) is 4.87. The van der Waals surface area contributed by atoms with Crippen LogP contribution in [0.4, 0.5) is 21.9 Å². The maximum absolute atomic E-state index is 12.4. The molecule has 4 rings (SSSR count). The summed E-state index contributed by atoms with van der Waals surface area (Å²) in [5.74, 6) is -0.194. The van der Waals surface area contributed by atoms with Gasteiger partial charge in [0, 0.05) is 16.9 Å². The molecule has 2 aromatic carbocycles. The molecule has 2 heterocycles. The number of hydrogen-bond acceptors (Lipinski definition) is 3. The highest BCUT2D eigenvalue weighted by Gasteiger charge is 2.24. The third-order valence-electron chi connectivity index (χ3n) is 4.89. The Morgan fingerprint density at radius 3 is 2.40 bits per heavy atom. The van der Waals surface area contributed by atoms with Crippen molar-refractivity contribution in [2.75, 3.05) is 16.0 Å². The van der Waals surface area contributed by atoms with E-state index >= 15 is 0 Å². The lowest BCUT2D eigenvalue weighted by atomic mass is 9.87. The molecule has 0 saturated heterocycles. The van der Waals surface area contributed by atoms with Crippen LogP contribution in [0.2, 0.25) is 0 Å². The van der Waals surface area contributed by atoms with Gasteiger partial charge in [-0.2, -0.15) is 0 Å². The molecule has 30 heavy (non-hydrogen) atoms. The quantitative estimate of drug-likeness (QED) is 0.472. The van der Waals surface area contributed by atoms with Gasteiger partial charge in [0.2, 0.25) is 0 Å². The average molecular weight is 401 g/mol. The maximum Gasteiger partial charge on any atom is 0.323 e. The summed E-state index contributed by atoms with van der Waals surface area (Å²) >= 11 is 0. The Bertz CT molecular complexity index is 1120. The molecule has 0 bridgehead atoms. The fourth-order valence-corrected chi connectivity index (χ4v) is 3.26. The number of H-pyrrole nitrogens is 1. The zero-order chi connectivity index (χ0) is 21.3. The van der Waals surface area contributed by atoms with Crippen molar-refractivity contribution in [3.8, 4) is 0 Å². The van der Waals surface area contributed by atoms with Crippen LogP contribution in [0.3, 0.4) is 0 Å². The summed E-state index contributed by atoms with van der Waals surface area (Å²) in [5.41, 5.74) is 5.26. The van der Waals surface area contributed by atoms with Crippen molar-refractivity contribution in [2.24, 2.45) is 0 Å². The van der Waals surface area contributed by atoms with Crippen LogP contribution in [-0.4, -0.2) is 21.9 Å². The predicted molar refractivity (Wildman–Crippen MR) is 119 cm³/mol. The minimum absolute atomic E-state index is 0.0559. The van der Waals surface area contributed by atoms with Crippen LogP contribution < -0.4 is 16.0 Å². The van der Waals surface area contributed by atoms with Crippen molar-refractivity contribution >= 4 is 40.6 Å². The molecule has 0 radical (unpaired) electrons. The van der Waals surface area contributed by atoms with E-state index in [1.807, 2.05) is 30.3 Å². The lowest BCUT2D eigenvalue weighted by Crippen LogP contribution is -2.19. The summed E-state index contributed by atoms with van der Waals surface area (Å²) in [5, 5.41) is 8.46. The van der Waals surface area contributed by atoms with Gasteiger partial charge in [-0.05, 0) is 41.3 Å². The molecule has 152 valence electrons. The van der Waals surface area contributed by atoms with Gasteiger partial charge in [0.05, 0.1) is 29.5 Å². The van der Waals surface area contributed by atoms with Gasteiger partial charge in [-0.15, -0.1) is 0 Å². The molecule has 0 atom stereocenters. The molecule has 1 aromatic heterocycles. The van der Waals surface area contributed by atoms with E-state index in [2.05, 4.69) is 46.7 Å². The maximum atomic E-state index is 12.4. The molecule has 4 N–H and O–H groups in total. The van der Waals surface area contributed by atoms with E-state index in [1.54, 1.807) is 30.7 Å². The zero-order valence-corrected chi connectivity index (χ0v) is 17.0. The molecule has 0 saturated carbocycles. The summed E-state index contributed by atoms with van der Waals surface area (Å²) in [6, 6.07) is 12.7. The second-order valence-electron chi connectivity index (χ2n) is 8.19. The molecular weight excluding hydrogens is 378 g/mol. The number of carbonyl (C=O) groups excluding carboxylic acids is 2. The van der Waals surface area contributed by atoms with Crippen molar-refractivity contribution in [2.45, 2.75) is 26.2 Å². The van der Waals surface area contributed by atoms with Gasteiger partial charge >= 0.3 is 6.03 Å². The number of benzene rings is 2. The van der Waals surface area contributed by atoms with E-state index in [-0.39, 0.29) is 17.4 Å². The van der Waals surface area contributed by atoms with Crippen molar-refractivity contribution in [3.63, 3.8) is 0 Å². The molecule has 1 aliphatic heterocycles. The average Bonchev–Trinajstić information content (AvgIpc) is 3.29. The lowest BCUT2D eigenvalue weighted by molar-refractivity contribution is -0.110. The first-order valence-electron chi connectivity index (χ1n) is 9.64. The number of carbonyl (C=O) groups is 2. The smallest absolute Gasteiger partial charge is 0.323 e. The van der Waals surface area contributed by atoms with Crippen LogP contribution in [0.15, 0.2) is 55.0 Å².